The van der Waals surface area contributed by atoms with Gasteiger partial charge in [0, 0.05) is 22.2 Å². The Balaban J connectivity index is 0.000000166. The molecule has 2 aliphatic carbocycles. The highest BCUT2D eigenvalue weighted by Crippen LogP contribution is 2.55. The third-order valence-corrected chi connectivity index (χ3v) is 9.47. The van der Waals surface area contributed by atoms with Crippen molar-refractivity contribution >= 4 is 55.6 Å². The number of esters is 2. The quantitative estimate of drug-likeness (QED) is 0.281. The van der Waals surface area contributed by atoms with Crippen LogP contribution in [0.5, 0.6) is 0 Å². The number of carbonyl (C=O) groups excluding carboxylic acids is 4. The van der Waals surface area contributed by atoms with Gasteiger partial charge in [0.05, 0.1) is 36.9 Å². The minimum Gasteiger partial charge on any atom is -0.469 e. The van der Waals surface area contributed by atoms with Crippen molar-refractivity contribution in [3.05, 3.63) is 68.6 Å². The van der Waals surface area contributed by atoms with Gasteiger partial charge in [0.1, 0.15) is 0 Å². The summed E-state index contributed by atoms with van der Waals surface area (Å²) in [6, 6.07) is 15.3. The zero-order chi connectivity index (χ0) is 30.3. The SMILES string of the molecule is C1CCOC1.COC(=O)C(CC1(C(=O)OC)CC1)c1ccc(Br)cc1.O=C1NC(=O)C2(CC2)CC1c1ccc(Br)cc1. The highest BCUT2D eigenvalue weighted by atomic mass is 79.9. The van der Waals surface area contributed by atoms with Crippen molar-refractivity contribution in [2.45, 2.75) is 63.2 Å². The molecule has 2 atom stereocenters. The number of amides is 2. The molecule has 226 valence electrons. The number of ether oxygens (including phenoxy) is 3. The van der Waals surface area contributed by atoms with E-state index in [9.17, 15) is 19.2 Å². The standard InChI is InChI=1S/C15H17BrO4.C13H12BrNO2.C4H8O/c1-19-13(17)12(10-3-5-11(16)6-4-10)9-15(7-8-15)14(18)20-2;14-9-3-1-8(2-4-9)10-7-13(5-6-13)12(17)15-11(10)16;1-2-4-5-3-1/h3-6,12H,7-9H2,1-2H3;1-4,10H,5-7H2,(H,15,16,17);1-4H2. The molecule has 2 aromatic carbocycles. The molecule has 2 saturated heterocycles. The van der Waals surface area contributed by atoms with Crippen LogP contribution in [0.4, 0.5) is 0 Å². The lowest BCUT2D eigenvalue weighted by Crippen LogP contribution is -2.46. The largest absolute Gasteiger partial charge is 0.469 e. The number of hydrogen-bond donors (Lipinski definition) is 1. The molecule has 2 aliphatic heterocycles. The lowest BCUT2D eigenvalue weighted by Gasteiger charge is -2.27. The summed E-state index contributed by atoms with van der Waals surface area (Å²) in [7, 11) is 2.75. The monoisotopic (exact) mass is 705 g/mol. The van der Waals surface area contributed by atoms with Crippen molar-refractivity contribution in [1.29, 1.82) is 0 Å². The van der Waals surface area contributed by atoms with E-state index in [1.165, 1.54) is 27.1 Å². The predicted octanol–water partition coefficient (Wildman–Crippen LogP) is 6.21. The summed E-state index contributed by atoms with van der Waals surface area (Å²) in [5, 5.41) is 2.51. The maximum atomic E-state index is 12.0. The molecule has 10 heteroatoms. The molecule has 2 aromatic rings. The Morgan fingerprint density at radius 1 is 0.905 bits per heavy atom. The summed E-state index contributed by atoms with van der Waals surface area (Å²) >= 11 is 6.74. The van der Waals surface area contributed by atoms with E-state index in [4.69, 9.17) is 14.2 Å². The molecule has 2 saturated carbocycles. The van der Waals surface area contributed by atoms with Crippen molar-refractivity contribution in [1.82, 2.24) is 5.32 Å². The molecular weight excluding hydrogens is 670 g/mol. The van der Waals surface area contributed by atoms with Crippen molar-refractivity contribution in [3.63, 3.8) is 0 Å². The third kappa shape index (κ3) is 8.08. The number of rotatable bonds is 6. The summed E-state index contributed by atoms with van der Waals surface area (Å²) in [5.74, 6) is -1.39. The second kappa shape index (κ2) is 14.3. The second-order valence-electron chi connectivity index (χ2n) is 11.3. The minimum absolute atomic E-state index is 0.0733. The maximum absolute atomic E-state index is 12.0. The number of hydrogen-bond acceptors (Lipinski definition) is 7. The Kier molecular flexibility index (Phi) is 11.0. The topological polar surface area (TPSA) is 108 Å². The van der Waals surface area contributed by atoms with Crippen molar-refractivity contribution in [2.24, 2.45) is 10.8 Å². The summed E-state index contributed by atoms with van der Waals surface area (Å²) in [4.78, 5) is 47.4. The van der Waals surface area contributed by atoms with Crippen molar-refractivity contribution in [3.8, 4) is 0 Å². The molecule has 4 fully saturated rings. The van der Waals surface area contributed by atoms with Gasteiger partial charge < -0.3 is 14.2 Å². The molecule has 8 nitrogen and oxygen atoms in total. The lowest BCUT2D eigenvalue weighted by molar-refractivity contribution is -0.149. The molecular formula is C32H37Br2NO7. The first-order valence-electron chi connectivity index (χ1n) is 14.2. The Hall–Kier alpha value is -2.56. The molecule has 1 N–H and O–H groups in total. The molecule has 6 rings (SSSR count). The van der Waals surface area contributed by atoms with Gasteiger partial charge in [-0.2, -0.15) is 0 Å². The predicted molar refractivity (Wildman–Crippen MR) is 164 cm³/mol. The van der Waals surface area contributed by atoms with Gasteiger partial charge in [-0.3, -0.25) is 24.5 Å². The zero-order valence-electron chi connectivity index (χ0n) is 24.0. The van der Waals surface area contributed by atoms with E-state index in [0.29, 0.717) is 12.8 Å². The Bertz CT molecular complexity index is 1260. The smallest absolute Gasteiger partial charge is 0.313 e. The Morgan fingerprint density at radius 2 is 1.48 bits per heavy atom. The van der Waals surface area contributed by atoms with E-state index in [1.807, 2.05) is 48.5 Å². The van der Waals surface area contributed by atoms with E-state index < -0.39 is 11.3 Å². The van der Waals surface area contributed by atoms with Crippen molar-refractivity contribution < 1.29 is 33.4 Å². The molecule has 2 heterocycles. The number of carbonyl (C=O) groups is 4. The van der Waals surface area contributed by atoms with Crippen LogP contribution >= 0.6 is 31.9 Å². The molecule has 4 aliphatic rings. The van der Waals surface area contributed by atoms with Crippen LogP contribution in [0.2, 0.25) is 0 Å². The van der Waals surface area contributed by atoms with E-state index in [2.05, 4.69) is 37.2 Å². The van der Waals surface area contributed by atoms with Crippen LogP contribution in [0.1, 0.15) is 74.3 Å². The first-order valence-corrected chi connectivity index (χ1v) is 15.8. The van der Waals surface area contributed by atoms with Gasteiger partial charge >= 0.3 is 11.9 Å². The van der Waals surface area contributed by atoms with Crippen molar-refractivity contribution in [2.75, 3.05) is 27.4 Å². The number of methoxy groups -OCH3 is 2. The van der Waals surface area contributed by atoms with Gasteiger partial charge in [0.2, 0.25) is 11.8 Å². The van der Waals surface area contributed by atoms with Crippen LogP contribution < -0.4 is 5.32 Å². The van der Waals surface area contributed by atoms with Crippen LogP contribution in [0.3, 0.4) is 0 Å². The van der Waals surface area contributed by atoms with Gasteiger partial charge in [0.15, 0.2) is 0 Å². The summed E-state index contributed by atoms with van der Waals surface area (Å²) in [6.07, 6.45) is 7.03. The minimum atomic E-state index is -0.513. The van der Waals surface area contributed by atoms with Crippen LogP contribution in [0.25, 0.3) is 0 Å². The fourth-order valence-corrected chi connectivity index (χ4v) is 5.92. The molecule has 2 amide bonds. The number of benzene rings is 2. The number of imide groups is 1. The average Bonchev–Trinajstić information content (AvgIpc) is 3.90. The van der Waals surface area contributed by atoms with E-state index in [1.54, 1.807) is 0 Å². The van der Waals surface area contributed by atoms with E-state index >= 15 is 0 Å². The first-order chi connectivity index (χ1) is 20.1. The molecule has 42 heavy (non-hydrogen) atoms. The van der Waals surface area contributed by atoms with Gasteiger partial charge in [-0.1, -0.05) is 56.1 Å². The first kappa shape index (κ1) is 32.4. The van der Waals surface area contributed by atoms with Gasteiger partial charge in [-0.05, 0) is 86.8 Å². The highest BCUT2D eigenvalue weighted by molar-refractivity contribution is 9.10. The molecule has 0 aromatic heterocycles. The van der Waals surface area contributed by atoms with Gasteiger partial charge in [0.25, 0.3) is 0 Å². The molecule has 2 unspecified atom stereocenters. The summed E-state index contributed by atoms with van der Waals surface area (Å²) in [6.45, 7) is 2.00. The van der Waals surface area contributed by atoms with E-state index in [0.717, 1.165) is 59.0 Å². The number of halogens is 2. The third-order valence-electron chi connectivity index (χ3n) is 8.41. The van der Waals surface area contributed by atoms with Gasteiger partial charge in [-0.25, -0.2) is 0 Å². The maximum Gasteiger partial charge on any atom is 0.313 e. The Labute approximate surface area is 263 Å². The van der Waals surface area contributed by atoms with Crippen LogP contribution in [0.15, 0.2) is 57.5 Å². The van der Waals surface area contributed by atoms with Crippen LogP contribution in [-0.4, -0.2) is 51.2 Å². The van der Waals surface area contributed by atoms with Crippen LogP contribution in [-0.2, 0) is 33.4 Å². The van der Waals surface area contributed by atoms with Gasteiger partial charge in [-0.15, -0.1) is 0 Å². The number of nitrogens with one attached hydrogen (secondary N) is 1. The Morgan fingerprint density at radius 3 is 1.93 bits per heavy atom. The normalized spacial score (nSPS) is 21.5. The average molecular weight is 707 g/mol. The molecule has 0 bridgehead atoms. The number of piperidine rings is 1. The van der Waals surface area contributed by atoms with E-state index in [-0.39, 0.29) is 35.1 Å². The van der Waals surface area contributed by atoms with Crippen LogP contribution in [0, 0.1) is 10.8 Å². The zero-order valence-corrected chi connectivity index (χ0v) is 27.1. The summed E-state index contributed by atoms with van der Waals surface area (Å²) in [5.41, 5.74) is 1.09. The molecule has 0 radical (unpaired) electrons. The lowest BCUT2D eigenvalue weighted by atomic mass is 9.82. The fourth-order valence-electron chi connectivity index (χ4n) is 5.39. The fraction of sp³-hybridized carbons (Fsp3) is 0.500. The highest BCUT2D eigenvalue weighted by Gasteiger charge is 2.55. The second-order valence-corrected chi connectivity index (χ2v) is 13.2. The molecule has 1 spiro atoms. The summed E-state index contributed by atoms with van der Waals surface area (Å²) < 4.78 is 16.6.